The lowest BCUT2D eigenvalue weighted by Crippen LogP contribution is -2.23. The molecular weight excluding hydrogens is 418 g/mol. The van der Waals surface area contributed by atoms with Crippen molar-refractivity contribution in [2.24, 2.45) is 0 Å². The highest BCUT2D eigenvalue weighted by molar-refractivity contribution is 7.17. The molecule has 31 heavy (non-hydrogen) atoms. The Balaban J connectivity index is 1.80. The number of aryl methyl sites for hydroxylation is 1. The van der Waals surface area contributed by atoms with Crippen LogP contribution in [0, 0.1) is 0 Å². The van der Waals surface area contributed by atoms with E-state index in [1.54, 1.807) is 0 Å². The summed E-state index contributed by atoms with van der Waals surface area (Å²) in [5, 5.41) is 3.13. The molecule has 0 aliphatic heterocycles. The molecule has 7 nitrogen and oxygen atoms in total. The van der Waals surface area contributed by atoms with Gasteiger partial charge in [0.1, 0.15) is 10.8 Å². The first-order valence-corrected chi connectivity index (χ1v) is 10.8. The minimum absolute atomic E-state index is 0.136. The van der Waals surface area contributed by atoms with Gasteiger partial charge < -0.3 is 19.5 Å². The lowest BCUT2D eigenvalue weighted by molar-refractivity contribution is -0.142. The van der Waals surface area contributed by atoms with Gasteiger partial charge in [0.2, 0.25) is 0 Å². The second kappa shape index (κ2) is 9.09. The maximum absolute atomic E-state index is 12.6. The Hall–Kier alpha value is -2.87. The number of methoxy groups -OCH3 is 2. The Morgan fingerprint density at radius 3 is 2.48 bits per heavy atom. The van der Waals surface area contributed by atoms with Crippen LogP contribution in [-0.2, 0) is 30.9 Å². The zero-order valence-electron chi connectivity index (χ0n) is 18.4. The van der Waals surface area contributed by atoms with Crippen LogP contribution < -0.4 is 10.1 Å². The van der Waals surface area contributed by atoms with Gasteiger partial charge in [-0.15, -0.1) is 11.3 Å². The van der Waals surface area contributed by atoms with E-state index in [1.165, 1.54) is 25.6 Å². The molecule has 0 spiro atoms. The fraction of sp³-hybridized carbons (Fsp3) is 0.435. The number of benzene rings is 1. The molecule has 166 valence electrons. The average Bonchev–Trinajstić information content (AvgIpc) is 3.29. The Morgan fingerprint density at radius 1 is 1.13 bits per heavy atom. The molecule has 0 fully saturated rings. The summed E-state index contributed by atoms with van der Waals surface area (Å²) in [7, 11) is 2.59. The van der Waals surface area contributed by atoms with E-state index < -0.39 is 23.8 Å². The number of ether oxygens (including phenoxy) is 3. The Labute approximate surface area is 185 Å². The standard InChI is InChI=1S/C23H27NO6S/c1-23(2,3)14-8-6-7-9-15(14)30-12-17(25)24-20-19(22(27)29-5)18-13(21(26)28-4)10-11-16(18)31-20/h6-9,13H,10-12H2,1-5H3,(H,24,25). The number of esters is 2. The molecule has 1 heterocycles. The highest BCUT2D eigenvalue weighted by atomic mass is 32.1. The van der Waals surface area contributed by atoms with Gasteiger partial charge in [0, 0.05) is 4.88 Å². The van der Waals surface area contributed by atoms with Gasteiger partial charge >= 0.3 is 11.9 Å². The number of anilines is 1. The molecule has 1 atom stereocenters. The summed E-state index contributed by atoms with van der Waals surface area (Å²) in [6, 6.07) is 7.59. The highest BCUT2D eigenvalue weighted by Crippen LogP contribution is 2.45. The van der Waals surface area contributed by atoms with Crippen LogP contribution in [0.15, 0.2) is 24.3 Å². The lowest BCUT2D eigenvalue weighted by atomic mass is 9.86. The van der Waals surface area contributed by atoms with Crippen molar-refractivity contribution in [3.8, 4) is 5.75 Å². The molecule has 8 heteroatoms. The summed E-state index contributed by atoms with van der Waals surface area (Å²) in [5.74, 6) is -1.30. The largest absolute Gasteiger partial charge is 0.483 e. The van der Waals surface area contributed by atoms with E-state index in [1.807, 2.05) is 24.3 Å². The lowest BCUT2D eigenvalue weighted by Gasteiger charge is -2.22. The summed E-state index contributed by atoms with van der Waals surface area (Å²) in [4.78, 5) is 38.2. The monoisotopic (exact) mass is 445 g/mol. The number of thiophene rings is 1. The summed E-state index contributed by atoms with van der Waals surface area (Å²) < 4.78 is 15.6. The van der Waals surface area contributed by atoms with E-state index in [4.69, 9.17) is 14.2 Å². The minimum Gasteiger partial charge on any atom is -0.483 e. The molecule has 3 rings (SSSR count). The van der Waals surface area contributed by atoms with Gasteiger partial charge in [-0.05, 0) is 35.4 Å². The van der Waals surface area contributed by atoms with Crippen molar-refractivity contribution in [1.29, 1.82) is 0 Å². The van der Waals surface area contributed by atoms with Crippen molar-refractivity contribution in [2.45, 2.75) is 44.9 Å². The average molecular weight is 446 g/mol. The number of amides is 1. The third-order valence-corrected chi connectivity index (χ3v) is 6.39. The van der Waals surface area contributed by atoms with Crippen LogP contribution in [0.2, 0.25) is 0 Å². The molecule has 1 aromatic heterocycles. The van der Waals surface area contributed by atoms with Gasteiger partial charge in [0.05, 0.1) is 25.7 Å². The zero-order valence-corrected chi connectivity index (χ0v) is 19.2. The molecule has 1 aliphatic carbocycles. The molecule has 1 unspecified atom stereocenters. The number of hydrogen-bond acceptors (Lipinski definition) is 7. The number of rotatable bonds is 6. The van der Waals surface area contributed by atoms with Crippen molar-refractivity contribution in [3.05, 3.63) is 45.8 Å². The van der Waals surface area contributed by atoms with Crippen LogP contribution in [0.3, 0.4) is 0 Å². The van der Waals surface area contributed by atoms with Gasteiger partial charge in [-0.25, -0.2) is 4.79 Å². The number of nitrogens with one attached hydrogen (secondary N) is 1. The van der Waals surface area contributed by atoms with Crippen LogP contribution in [-0.4, -0.2) is 38.7 Å². The maximum Gasteiger partial charge on any atom is 0.341 e. The van der Waals surface area contributed by atoms with Gasteiger partial charge in [-0.1, -0.05) is 39.0 Å². The van der Waals surface area contributed by atoms with Crippen LogP contribution in [0.4, 0.5) is 5.00 Å². The molecule has 2 aromatic rings. The number of para-hydroxylation sites is 1. The molecule has 1 N–H and O–H groups in total. The first kappa shape index (κ1) is 22.8. The van der Waals surface area contributed by atoms with Gasteiger partial charge in [-0.3, -0.25) is 9.59 Å². The van der Waals surface area contributed by atoms with E-state index in [-0.39, 0.29) is 17.6 Å². The third-order valence-electron chi connectivity index (χ3n) is 5.21. The SMILES string of the molecule is COC(=O)c1c(NC(=O)COc2ccccc2C(C)(C)C)sc2c1C(C(=O)OC)CC2. The fourth-order valence-corrected chi connectivity index (χ4v) is 5.03. The molecule has 0 bridgehead atoms. The molecule has 0 radical (unpaired) electrons. The zero-order chi connectivity index (χ0) is 22.8. The topological polar surface area (TPSA) is 90.9 Å². The molecule has 1 aliphatic rings. The predicted molar refractivity (Wildman–Crippen MR) is 118 cm³/mol. The van der Waals surface area contributed by atoms with Crippen molar-refractivity contribution < 1.29 is 28.6 Å². The second-order valence-electron chi connectivity index (χ2n) is 8.33. The van der Waals surface area contributed by atoms with Crippen molar-refractivity contribution in [2.75, 3.05) is 26.1 Å². The van der Waals surface area contributed by atoms with Gasteiger partial charge in [0.15, 0.2) is 6.61 Å². The molecule has 0 saturated heterocycles. The number of fused-ring (bicyclic) bond motifs is 1. The third kappa shape index (κ3) is 4.74. The van der Waals surface area contributed by atoms with Crippen LogP contribution >= 0.6 is 11.3 Å². The van der Waals surface area contributed by atoms with E-state index in [2.05, 4.69) is 26.1 Å². The summed E-state index contributed by atoms with van der Waals surface area (Å²) in [6.07, 6.45) is 1.20. The van der Waals surface area contributed by atoms with Gasteiger partial charge in [0.25, 0.3) is 5.91 Å². The smallest absolute Gasteiger partial charge is 0.341 e. The molecule has 1 amide bonds. The van der Waals surface area contributed by atoms with E-state index in [0.717, 1.165) is 10.4 Å². The molecule has 0 saturated carbocycles. The maximum atomic E-state index is 12.6. The van der Waals surface area contributed by atoms with Crippen molar-refractivity contribution in [3.63, 3.8) is 0 Å². The normalized spacial score (nSPS) is 15.2. The quantitative estimate of drug-likeness (QED) is 0.675. The first-order chi connectivity index (χ1) is 14.7. The fourth-order valence-electron chi connectivity index (χ4n) is 3.75. The number of carbonyl (C=O) groups excluding carboxylic acids is 3. The van der Waals surface area contributed by atoms with Crippen LogP contribution in [0.25, 0.3) is 0 Å². The second-order valence-corrected chi connectivity index (χ2v) is 9.44. The first-order valence-electron chi connectivity index (χ1n) is 10.0. The van der Waals surface area contributed by atoms with Gasteiger partial charge in [-0.2, -0.15) is 0 Å². The van der Waals surface area contributed by atoms with E-state index >= 15 is 0 Å². The summed E-state index contributed by atoms with van der Waals surface area (Å²) in [6.45, 7) is 6.01. The Bertz CT molecular complexity index is 1000. The molecule has 1 aromatic carbocycles. The van der Waals surface area contributed by atoms with E-state index in [0.29, 0.717) is 29.2 Å². The number of hydrogen-bond donors (Lipinski definition) is 1. The molecular formula is C23H27NO6S. The number of carbonyl (C=O) groups is 3. The summed E-state index contributed by atoms with van der Waals surface area (Å²) in [5.41, 5.74) is 1.67. The van der Waals surface area contributed by atoms with Crippen LogP contribution in [0.5, 0.6) is 5.75 Å². The van der Waals surface area contributed by atoms with Crippen molar-refractivity contribution in [1.82, 2.24) is 0 Å². The minimum atomic E-state index is -0.595. The summed E-state index contributed by atoms with van der Waals surface area (Å²) >= 11 is 1.29. The van der Waals surface area contributed by atoms with E-state index in [9.17, 15) is 14.4 Å². The predicted octanol–water partition coefficient (Wildman–Crippen LogP) is 4.05. The highest BCUT2D eigenvalue weighted by Gasteiger charge is 2.38. The Kier molecular flexibility index (Phi) is 6.69. The van der Waals surface area contributed by atoms with Crippen LogP contribution in [0.1, 0.15) is 59.5 Å². The van der Waals surface area contributed by atoms with Crippen molar-refractivity contribution >= 4 is 34.2 Å². The Morgan fingerprint density at radius 2 is 1.84 bits per heavy atom.